The van der Waals surface area contributed by atoms with Crippen molar-refractivity contribution in [2.75, 3.05) is 11.5 Å². The Kier molecular flexibility index (Phi) is 4.75. The van der Waals surface area contributed by atoms with Gasteiger partial charge in [0.2, 0.25) is 5.76 Å². The maximum atomic E-state index is 12.1. The zero-order valence-electron chi connectivity index (χ0n) is 13.3. The van der Waals surface area contributed by atoms with E-state index in [1.165, 1.54) is 13.0 Å². The topological polar surface area (TPSA) is 103 Å². The number of carbonyl (C=O) groups excluding carboxylic acids is 2. The number of hydrogen-bond acceptors (Lipinski definition) is 6. The van der Waals surface area contributed by atoms with Crippen LogP contribution in [-0.4, -0.2) is 43.9 Å². The number of ether oxygens (including phenoxy) is 1. The van der Waals surface area contributed by atoms with Crippen molar-refractivity contribution in [2.45, 2.75) is 25.5 Å². The minimum absolute atomic E-state index is 0.0413. The molecule has 1 fully saturated rings. The Bertz CT molecular complexity index is 935. The van der Waals surface area contributed by atoms with Crippen LogP contribution in [0.15, 0.2) is 28.7 Å². The van der Waals surface area contributed by atoms with E-state index in [9.17, 15) is 18.0 Å². The lowest BCUT2D eigenvalue weighted by atomic mass is 10.2. The Morgan fingerprint density at radius 1 is 1.36 bits per heavy atom. The van der Waals surface area contributed by atoms with Crippen molar-refractivity contribution in [3.05, 3.63) is 35.0 Å². The van der Waals surface area contributed by atoms with Gasteiger partial charge in [-0.3, -0.25) is 4.79 Å². The lowest BCUT2D eigenvalue weighted by Crippen LogP contribution is -2.42. The van der Waals surface area contributed by atoms with E-state index in [2.05, 4.69) is 5.32 Å². The molecule has 2 heterocycles. The highest BCUT2D eigenvalue weighted by Crippen LogP contribution is 2.23. The van der Waals surface area contributed by atoms with Gasteiger partial charge < -0.3 is 14.5 Å². The maximum absolute atomic E-state index is 12.1. The second-order valence-electron chi connectivity index (χ2n) is 5.95. The molecule has 7 nitrogen and oxygen atoms in total. The molecule has 1 aliphatic rings. The molecular weight excluding hydrogens is 370 g/mol. The first kappa shape index (κ1) is 17.8. The van der Waals surface area contributed by atoms with E-state index in [0.717, 1.165) is 0 Å². The summed E-state index contributed by atoms with van der Waals surface area (Å²) in [5.41, 5.74) is 0.476. The van der Waals surface area contributed by atoms with Gasteiger partial charge in [-0.2, -0.15) is 0 Å². The van der Waals surface area contributed by atoms with E-state index >= 15 is 0 Å². The number of amides is 1. The predicted molar refractivity (Wildman–Crippen MR) is 91.3 cm³/mol. The summed E-state index contributed by atoms with van der Waals surface area (Å²) in [7, 11) is -3.10. The molecule has 1 aliphatic heterocycles. The Hall–Kier alpha value is -2.06. The van der Waals surface area contributed by atoms with Gasteiger partial charge in [-0.25, -0.2) is 13.2 Å². The SMILES string of the molecule is C[C@H](OC(=O)c1cc2cc(Cl)ccc2o1)C(=O)N[C@@H]1CCS(=O)(=O)C1. The van der Waals surface area contributed by atoms with Crippen LogP contribution in [0.4, 0.5) is 0 Å². The van der Waals surface area contributed by atoms with E-state index in [0.29, 0.717) is 22.4 Å². The van der Waals surface area contributed by atoms with E-state index in [4.69, 9.17) is 20.8 Å². The summed E-state index contributed by atoms with van der Waals surface area (Å²) in [6, 6.07) is 5.94. The highest BCUT2D eigenvalue weighted by molar-refractivity contribution is 7.91. The monoisotopic (exact) mass is 385 g/mol. The molecule has 1 N–H and O–H groups in total. The first-order chi connectivity index (χ1) is 11.7. The molecule has 134 valence electrons. The number of benzene rings is 1. The molecule has 0 bridgehead atoms. The van der Waals surface area contributed by atoms with Gasteiger partial charge in [-0.05, 0) is 37.6 Å². The van der Waals surface area contributed by atoms with Crippen molar-refractivity contribution >= 4 is 44.3 Å². The Balaban J connectivity index is 1.62. The Morgan fingerprint density at radius 3 is 2.80 bits per heavy atom. The van der Waals surface area contributed by atoms with Crippen LogP contribution in [0.2, 0.25) is 5.02 Å². The fourth-order valence-corrected chi connectivity index (χ4v) is 4.47. The minimum Gasteiger partial charge on any atom is -0.449 e. The summed E-state index contributed by atoms with van der Waals surface area (Å²) in [4.78, 5) is 24.2. The van der Waals surface area contributed by atoms with Gasteiger partial charge in [-0.15, -0.1) is 0 Å². The van der Waals surface area contributed by atoms with Crippen LogP contribution in [-0.2, 0) is 19.4 Å². The normalized spacial score (nSPS) is 20.3. The Morgan fingerprint density at radius 2 is 2.12 bits per heavy atom. The number of rotatable bonds is 4. The Labute approximate surface area is 149 Å². The van der Waals surface area contributed by atoms with Gasteiger partial charge in [0, 0.05) is 16.5 Å². The van der Waals surface area contributed by atoms with E-state index in [1.807, 2.05) is 0 Å². The number of esters is 1. The average Bonchev–Trinajstić information content (AvgIpc) is 3.09. The lowest BCUT2D eigenvalue weighted by molar-refractivity contribution is -0.129. The summed E-state index contributed by atoms with van der Waals surface area (Å²) in [5.74, 6) is -1.42. The molecule has 1 aromatic carbocycles. The average molecular weight is 386 g/mol. The fourth-order valence-electron chi connectivity index (χ4n) is 2.61. The molecule has 1 amide bonds. The lowest BCUT2D eigenvalue weighted by Gasteiger charge is -2.15. The molecule has 2 aromatic rings. The molecule has 1 saturated heterocycles. The molecule has 0 aliphatic carbocycles. The summed E-state index contributed by atoms with van der Waals surface area (Å²) >= 11 is 5.88. The molecule has 0 unspecified atom stereocenters. The van der Waals surface area contributed by atoms with Crippen LogP contribution >= 0.6 is 11.6 Å². The molecule has 0 saturated carbocycles. The van der Waals surface area contributed by atoms with Crippen molar-refractivity contribution in [3.63, 3.8) is 0 Å². The van der Waals surface area contributed by atoms with Crippen molar-refractivity contribution in [2.24, 2.45) is 0 Å². The van der Waals surface area contributed by atoms with Crippen LogP contribution in [0.1, 0.15) is 23.9 Å². The molecule has 3 rings (SSSR count). The first-order valence-electron chi connectivity index (χ1n) is 7.64. The fraction of sp³-hybridized carbons (Fsp3) is 0.375. The van der Waals surface area contributed by atoms with Crippen LogP contribution in [0.5, 0.6) is 0 Å². The molecule has 1 aromatic heterocycles. The second kappa shape index (κ2) is 6.68. The largest absolute Gasteiger partial charge is 0.449 e. The highest BCUT2D eigenvalue weighted by Gasteiger charge is 2.31. The van der Waals surface area contributed by atoms with Crippen molar-refractivity contribution in [3.8, 4) is 0 Å². The van der Waals surface area contributed by atoms with E-state index < -0.39 is 33.9 Å². The summed E-state index contributed by atoms with van der Waals surface area (Å²) < 4.78 is 33.3. The zero-order valence-corrected chi connectivity index (χ0v) is 14.9. The molecule has 0 spiro atoms. The summed E-state index contributed by atoms with van der Waals surface area (Å²) in [6.45, 7) is 1.41. The minimum atomic E-state index is -3.10. The quantitative estimate of drug-likeness (QED) is 0.807. The summed E-state index contributed by atoms with van der Waals surface area (Å²) in [6.07, 6.45) is -0.716. The molecule has 9 heteroatoms. The number of carbonyl (C=O) groups is 2. The predicted octanol–water partition coefficient (Wildman–Crippen LogP) is 1.93. The van der Waals surface area contributed by atoms with Gasteiger partial charge in [0.1, 0.15) is 5.58 Å². The van der Waals surface area contributed by atoms with E-state index in [-0.39, 0.29) is 17.3 Å². The number of hydrogen-bond donors (Lipinski definition) is 1. The zero-order chi connectivity index (χ0) is 18.2. The number of halogens is 1. The number of furan rings is 1. The van der Waals surface area contributed by atoms with Gasteiger partial charge in [0.25, 0.3) is 5.91 Å². The number of sulfone groups is 1. The standard InChI is InChI=1S/C16H16ClNO6S/c1-9(15(19)18-12-4-5-25(21,22)8-12)23-16(20)14-7-10-6-11(17)2-3-13(10)24-14/h2-3,6-7,9,12H,4-5,8H2,1H3,(H,18,19)/t9-,12+/m0/s1. The third-order valence-electron chi connectivity index (χ3n) is 3.91. The number of nitrogens with one attached hydrogen (secondary N) is 1. The molecule has 0 radical (unpaired) electrons. The first-order valence-corrected chi connectivity index (χ1v) is 9.84. The second-order valence-corrected chi connectivity index (χ2v) is 8.61. The summed E-state index contributed by atoms with van der Waals surface area (Å²) in [5, 5.41) is 3.73. The molecule has 25 heavy (non-hydrogen) atoms. The van der Waals surface area contributed by atoms with Crippen LogP contribution in [0, 0.1) is 0 Å². The third-order valence-corrected chi connectivity index (χ3v) is 5.91. The van der Waals surface area contributed by atoms with Crippen LogP contribution in [0.3, 0.4) is 0 Å². The molecule has 2 atom stereocenters. The number of fused-ring (bicyclic) bond motifs is 1. The maximum Gasteiger partial charge on any atom is 0.375 e. The smallest absolute Gasteiger partial charge is 0.375 e. The van der Waals surface area contributed by atoms with Crippen molar-refractivity contribution < 1.29 is 27.2 Å². The van der Waals surface area contributed by atoms with Crippen LogP contribution in [0.25, 0.3) is 11.0 Å². The van der Waals surface area contributed by atoms with Gasteiger partial charge >= 0.3 is 5.97 Å². The van der Waals surface area contributed by atoms with E-state index in [1.54, 1.807) is 18.2 Å². The molecular formula is C16H16ClNO6S. The van der Waals surface area contributed by atoms with Crippen molar-refractivity contribution in [1.82, 2.24) is 5.32 Å². The van der Waals surface area contributed by atoms with Gasteiger partial charge in [-0.1, -0.05) is 11.6 Å². The third kappa shape index (κ3) is 4.13. The highest BCUT2D eigenvalue weighted by atomic mass is 35.5. The van der Waals surface area contributed by atoms with Crippen LogP contribution < -0.4 is 5.32 Å². The van der Waals surface area contributed by atoms with Crippen molar-refractivity contribution in [1.29, 1.82) is 0 Å². The van der Waals surface area contributed by atoms with Gasteiger partial charge in [0.05, 0.1) is 11.5 Å². The van der Waals surface area contributed by atoms with Gasteiger partial charge in [0.15, 0.2) is 15.9 Å².